The van der Waals surface area contributed by atoms with E-state index in [0.717, 1.165) is 50.0 Å². The molecule has 0 aliphatic carbocycles. The van der Waals surface area contributed by atoms with Gasteiger partial charge in [-0.25, -0.2) is 9.97 Å². The van der Waals surface area contributed by atoms with Gasteiger partial charge in [0, 0.05) is 44.4 Å². The first kappa shape index (κ1) is 25.0. The zero-order chi connectivity index (χ0) is 30.2. The summed E-state index contributed by atoms with van der Waals surface area (Å²) in [5.74, 6) is 1.56. The first-order chi connectivity index (χ1) is 22.9. The van der Waals surface area contributed by atoms with Crippen molar-refractivity contribution < 1.29 is 0 Å². The molecule has 0 aliphatic rings. The minimum Gasteiger partial charge on any atom is -0.306 e. The number of hydrogen-bond donors (Lipinski definition) is 0. The van der Waals surface area contributed by atoms with Gasteiger partial charge in [0.2, 0.25) is 0 Å². The van der Waals surface area contributed by atoms with Crippen LogP contribution in [0.3, 0.4) is 0 Å². The quantitative estimate of drug-likeness (QED) is 0.207. The summed E-state index contributed by atoms with van der Waals surface area (Å²) in [6, 6.07) is 48.9. The minimum absolute atomic E-state index is 0.699. The number of hydrogen-bond acceptors (Lipinski definition) is 3. The van der Waals surface area contributed by atoms with Crippen LogP contribution in [-0.2, 0) is 0 Å². The van der Waals surface area contributed by atoms with Crippen molar-refractivity contribution in [3.8, 4) is 22.9 Å². The van der Waals surface area contributed by atoms with Crippen molar-refractivity contribution in [1.82, 2.24) is 24.1 Å². The van der Waals surface area contributed by atoms with Gasteiger partial charge >= 0.3 is 0 Å². The molecule has 4 heterocycles. The predicted molar refractivity (Wildman–Crippen MR) is 189 cm³/mol. The fraction of sp³-hybridized carbons (Fsp3) is 0. The summed E-state index contributed by atoms with van der Waals surface area (Å²) < 4.78 is 4.75. The molecule has 0 radical (unpaired) electrons. The molecule has 10 aromatic rings. The Bertz CT molecular complexity index is 2790. The van der Waals surface area contributed by atoms with Gasteiger partial charge in [-0.2, -0.15) is 0 Å². The molecule has 0 N–H and O–H groups in total. The third-order valence-corrected chi connectivity index (χ3v) is 9.18. The smallest absolute Gasteiger partial charge is 0.162 e. The number of fused-ring (bicyclic) bond motifs is 11. The van der Waals surface area contributed by atoms with Crippen molar-refractivity contribution in [1.29, 1.82) is 0 Å². The summed E-state index contributed by atoms with van der Waals surface area (Å²) in [6.07, 6.45) is 3.89. The molecule has 6 aromatic carbocycles. The molecule has 0 spiro atoms. The first-order valence-corrected chi connectivity index (χ1v) is 15.5. The molecular formula is C41H25N5. The van der Waals surface area contributed by atoms with Crippen LogP contribution in [-0.4, -0.2) is 24.1 Å². The van der Waals surface area contributed by atoms with E-state index in [1.54, 1.807) is 0 Å². The lowest BCUT2D eigenvalue weighted by Gasteiger charge is -2.15. The molecule has 0 amide bonds. The normalized spacial score (nSPS) is 11.9. The zero-order valence-electron chi connectivity index (χ0n) is 24.7. The Hall–Kier alpha value is -6.33. The summed E-state index contributed by atoms with van der Waals surface area (Å²) >= 11 is 0. The van der Waals surface area contributed by atoms with Crippen molar-refractivity contribution >= 4 is 65.3 Å². The van der Waals surface area contributed by atoms with Crippen LogP contribution in [0.2, 0.25) is 0 Å². The summed E-state index contributed by atoms with van der Waals surface area (Å²) in [5, 5.41) is 8.19. The molecule has 0 atom stereocenters. The van der Waals surface area contributed by atoms with Crippen LogP contribution in [0.1, 0.15) is 0 Å². The molecule has 0 fully saturated rings. The van der Waals surface area contributed by atoms with Gasteiger partial charge in [0.05, 0.1) is 33.8 Å². The molecule has 46 heavy (non-hydrogen) atoms. The van der Waals surface area contributed by atoms with E-state index in [4.69, 9.17) is 9.97 Å². The highest BCUT2D eigenvalue weighted by Crippen LogP contribution is 2.46. The maximum Gasteiger partial charge on any atom is 0.162 e. The largest absolute Gasteiger partial charge is 0.306 e. The highest BCUT2D eigenvalue weighted by atomic mass is 15.1. The molecule has 4 aromatic heterocycles. The third kappa shape index (κ3) is 3.42. The van der Waals surface area contributed by atoms with Gasteiger partial charge in [-0.05, 0) is 47.2 Å². The van der Waals surface area contributed by atoms with E-state index in [9.17, 15) is 0 Å². The van der Waals surface area contributed by atoms with E-state index in [1.807, 2.05) is 36.7 Å². The average Bonchev–Trinajstić information content (AvgIpc) is 3.66. The van der Waals surface area contributed by atoms with Gasteiger partial charge in [-0.1, -0.05) is 103 Å². The molecule has 0 aliphatic heterocycles. The second-order valence-electron chi connectivity index (χ2n) is 11.7. The van der Waals surface area contributed by atoms with Gasteiger partial charge in [0.25, 0.3) is 0 Å². The molecule has 0 bridgehead atoms. The van der Waals surface area contributed by atoms with E-state index in [2.05, 4.69) is 129 Å². The highest BCUT2D eigenvalue weighted by Gasteiger charge is 2.26. The van der Waals surface area contributed by atoms with Crippen LogP contribution in [0.15, 0.2) is 152 Å². The van der Waals surface area contributed by atoms with Crippen molar-refractivity contribution in [3.63, 3.8) is 0 Å². The standard InChI is InChI=1S/C41H25N5/c1-3-13-26(14-4-1)40-43-33-21-11-9-19-30(33)41(44-40)46-34-22-12-10-20-31(34)36-28-17-7-8-18-29(28)37-32-23-24-42-25-35(32)45(38(37)39(36)46)27-15-5-2-6-16-27/h1-25H. The van der Waals surface area contributed by atoms with Crippen molar-refractivity contribution in [2.45, 2.75) is 0 Å². The summed E-state index contributed by atoms with van der Waals surface area (Å²) in [6.45, 7) is 0. The molecule has 0 saturated heterocycles. The Morgan fingerprint density at radius 2 is 1.02 bits per heavy atom. The van der Waals surface area contributed by atoms with E-state index >= 15 is 0 Å². The molecular weight excluding hydrogens is 562 g/mol. The molecule has 214 valence electrons. The molecule has 10 rings (SSSR count). The number of nitrogens with zero attached hydrogens (tertiary/aromatic N) is 5. The third-order valence-electron chi connectivity index (χ3n) is 9.18. The second-order valence-corrected chi connectivity index (χ2v) is 11.7. The average molecular weight is 588 g/mol. The Morgan fingerprint density at radius 1 is 0.435 bits per heavy atom. The van der Waals surface area contributed by atoms with Crippen LogP contribution in [0.4, 0.5) is 0 Å². The fourth-order valence-electron chi connectivity index (χ4n) is 7.30. The van der Waals surface area contributed by atoms with Crippen LogP contribution >= 0.6 is 0 Å². The van der Waals surface area contributed by atoms with Crippen LogP contribution in [0.5, 0.6) is 0 Å². The lowest BCUT2D eigenvalue weighted by atomic mass is 9.99. The SMILES string of the molecule is c1ccc(-c2nc(-n3c4ccccc4c4c5ccccc5c5c6ccncc6n(-c6ccccc6)c5c43)c3ccccc3n2)cc1. The number of pyridine rings is 1. The van der Waals surface area contributed by atoms with E-state index in [1.165, 1.54) is 32.3 Å². The maximum atomic E-state index is 5.39. The summed E-state index contributed by atoms with van der Waals surface area (Å²) in [7, 11) is 0. The lowest BCUT2D eigenvalue weighted by molar-refractivity contribution is 1.07. The van der Waals surface area contributed by atoms with Crippen LogP contribution in [0, 0.1) is 0 Å². The lowest BCUT2D eigenvalue weighted by Crippen LogP contribution is -2.04. The summed E-state index contributed by atoms with van der Waals surface area (Å²) in [4.78, 5) is 15.1. The highest BCUT2D eigenvalue weighted by molar-refractivity contribution is 6.36. The molecule has 0 unspecified atom stereocenters. The van der Waals surface area contributed by atoms with Crippen molar-refractivity contribution in [3.05, 3.63) is 152 Å². The number of aromatic nitrogens is 5. The number of para-hydroxylation sites is 3. The molecule has 5 heteroatoms. The van der Waals surface area contributed by atoms with Gasteiger partial charge < -0.3 is 4.57 Å². The van der Waals surface area contributed by atoms with E-state index in [0.29, 0.717) is 5.82 Å². The minimum atomic E-state index is 0.699. The first-order valence-electron chi connectivity index (χ1n) is 15.5. The van der Waals surface area contributed by atoms with Gasteiger partial charge in [-0.3, -0.25) is 9.55 Å². The van der Waals surface area contributed by atoms with Crippen LogP contribution < -0.4 is 0 Å². The Kier molecular flexibility index (Phi) is 5.22. The fourth-order valence-corrected chi connectivity index (χ4v) is 7.30. The maximum absolute atomic E-state index is 5.39. The predicted octanol–water partition coefficient (Wildman–Crippen LogP) is 10.0. The Balaban J connectivity index is 1.52. The van der Waals surface area contributed by atoms with Crippen molar-refractivity contribution in [2.24, 2.45) is 0 Å². The van der Waals surface area contributed by atoms with E-state index < -0.39 is 0 Å². The Labute approximate surface area is 263 Å². The molecule has 5 nitrogen and oxygen atoms in total. The Morgan fingerprint density at radius 3 is 1.78 bits per heavy atom. The summed E-state index contributed by atoms with van der Waals surface area (Å²) in [5.41, 5.74) is 7.37. The van der Waals surface area contributed by atoms with E-state index in [-0.39, 0.29) is 0 Å². The van der Waals surface area contributed by atoms with Gasteiger partial charge in [0.15, 0.2) is 5.82 Å². The number of benzene rings is 6. The van der Waals surface area contributed by atoms with Gasteiger partial charge in [0.1, 0.15) is 5.82 Å². The topological polar surface area (TPSA) is 48.5 Å². The van der Waals surface area contributed by atoms with Crippen molar-refractivity contribution in [2.75, 3.05) is 0 Å². The molecule has 0 saturated carbocycles. The number of rotatable bonds is 3. The monoisotopic (exact) mass is 587 g/mol. The van der Waals surface area contributed by atoms with Crippen LogP contribution in [0.25, 0.3) is 88.2 Å². The zero-order valence-corrected chi connectivity index (χ0v) is 24.7. The second kappa shape index (κ2) is 9.58. The van der Waals surface area contributed by atoms with Gasteiger partial charge in [-0.15, -0.1) is 0 Å².